The van der Waals surface area contributed by atoms with Gasteiger partial charge in [-0.05, 0) is 25.8 Å². The number of esters is 1. The van der Waals surface area contributed by atoms with Gasteiger partial charge in [0.25, 0.3) is 0 Å². The maximum absolute atomic E-state index is 11.8. The van der Waals surface area contributed by atoms with Gasteiger partial charge in [0, 0.05) is 42.5 Å². The van der Waals surface area contributed by atoms with Crippen molar-refractivity contribution in [1.82, 2.24) is 15.0 Å². The molecule has 32 heavy (non-hydrogen) atoms. The van der Waals surface area contributed by atoms with E-state index in [0.717, 1.165) is 22.6 Å². The first-order valence-electron chi connectivity index (χ1n) is 10.1. The Morgan fingerprint density at radius 3 is 2.84 bits per heavy atom. The number of thioether (sulfide) groups is 1. The van der Waals surface area contributed by atoms with E-state index < -0.39 is 11.9 Å². The molecule has 3 rings (SSSR count). The summed E-state index contributed by atoms with van der Waals surface area (Å²) in [6.45, 7) is 2.10. The van der Waals surface area contributed by atoms with Crippen LogP contribution in [0.3, 0.4) is 0 Å². The second-order valence-electron chi connectivity index (χ2n) is 6.94. The number of rotatable bonds is 12. The standard InChI is InChI=1S/C21H25N3O7S/c1-13-15(16(28-2)7-9-22-13)11-32-21-23-19-14(8-10-29-19)20(24-21)31-12-30-18(27)6-4-3-5-17(25)26/h7,9H,3-6,8,10-12H2,1-2H3,(H,25,26). The summed E-state index contributed by atoms with van der Waals surface area (Å²) >= 11 is 1.40. The lowest BCUT2D eigenvalue weighted by molar-refractivity contribution is -0.150. The van der Waals surface area contributed by atoms with Crippen molar-refractivity contribution >= 4 is 23.7 Å². The van der Waals surface area contributed by atoms with Crippen LogP contribution in [0.4, 0.5) is 0 Å². The predicted molar refractivity (Wildman–Crippen MR) is 114 cm³/mol. The molecular weight excluding hydrogens is 438 g/mol. The second kappa shape index (κ2) is 11.5. The van der Waals surface area contributed by atoms with Crippen LogP contribution >= 0.6 is 11.8 Å². The summed E-state index contributed by atoms with van der Waals surface area (Å²) in [5, 5.41) is 9.08. The molecule has 0 fully saturated rings. The lowest BCUT2D eigenvalue weighted by Gasteiger charge is -2.12. The number of fused-ring (bicyclic) bond motifs is 1. The molecule has 2 aromatic heterocycles. The summed E-state index contributed by atoms with van der Waals surface area (Å²) < 4.78 is 21.7. The van der Waals surface area contributed by atoms with Crippen LogP contribution in [0.25, 0.3) is 0 Å². The largest absolute Gasteiger partial charge is 0.496 e. The Morgan fingerprint density at radius 2 is 2.06 bits per heavy atom. The number of hydrogen-bond donors (Lipinski definition) is 1. The van der Waals surface area contributed by atoms with Gasteiger partial charge in [0.1, 0.15) is 5.75 Å². The number of carbonyl (C=O) groups is 2. The smallest absolute Gasteiger partial charge is 0.308 e. The zero-order chi connectivity index (χ0) is 22.9. The highest BCUT2D eigenvalue weighted by molar-refractivity contribution is 7.98. The molecule has 10 nitrogen and oxygen atoms in total. The summed E-state index contributed by atoms with van der Waals surface area (Å²) in [5.41, 5.74) is 2.55. The fraction of sp³-hybridized carbons (Fsp3) is 0.476. The van der Waals surface area contributed by atoms with Gasteiger partial charge in [0.05, 0.1) is 19.3 Å². The van der Waals surface area contributed by atoms with Crippen molar-refractivity contribution in [2.45, 2.75) is 49.9 Å². The van der Waals surface area contributed by atoms with Crippen molar-refractivity contribution in [3.05, 3.63) is 29.1 Å². The van der Waals surface area contributed by atoms with E-state index in [9.17, 15) is 9.59 Å². The number of pyridine rings is 1. The first kappa shape index (κ1) is 23.6. The normalized spacial score (nSPS) is 12.1. The molecule has 3 heterocycles. The van der Waals surface area contributed by atoms with E-state index in [2.05, 4.69) is 15.0 Å². The maximum Gasteiger partial charge on any atom is 0.308 e. The highest BCUT2D eigenvalue weighted by Gasteiger charge is 2.23. The number of hydrogen-bond acceptors (Lipinski definition) is 10. The van der Waals surface area contributed by atoms with Gasteiger partial charge in [-0.3, -0.25) is 14.6 Å². The van der Waals surface area contributed by atoms with Crippen LogP contribution in [-0.4, -0.2) is 52.5 Å². The lowest BCUT2D eigenvalue weighted by Crippen LogP contribution is -2.12. The van der Waals surface area contributed by atoms with Crippen LogP contribution in [0.2, 0.25) is 0 Å². The van der Waals surface area contributed by atoms with Gasteiger partial charge in [0.2, 0.25) is 18.6 Å². The molecule has 0 saturated heterocycles. The number of aryl methyl sites for hydroxylation is 1. The average Bonchev–Trinajstić information content (AvgIpc) is 3.24. The molecule has 0 aromatic carbocycles. The predicted octanol–water partition coefficient (Wildman–Crippen LogP) is 2.94. The zero-order valence-electron chi connectivity index (χ0n) is 18.0. The number of carboxylic acid groups (broad SMARTS) is 1. The van der Waals surface area contributed by atoms with Crippen LogP contribution in [0.15, 0.2) is 17.4 Å². The quantitative estimate of drug-likeness (QED) is 0.164. The second-order valence-corrected chi connectivity index (χ2v) is 7.88. The number of carbonyl (C=O) groups excluding carboxylic acids is 1. The summed E-state index contributed by atoms with van der Waals surface area (Å²) in [5.74, 6) is 0.746. The SMILES string of the molecule is COc1ccnc(C)c1CSc1nc2c(c(OCOC(=O)CCCCC(=O)O)n1)CCO2. The molecule has 0 spiro atoms. The van der Waals surface area contributed by atoms with E-state index in [1.807, 2.05) is 6.92 Å². The lowest BCUT2D eigenvalue weighted by atomic mass is 10.2. The van der Waals surface area contributed by atoms with E-state index in [1.165, 1.54) is 11.8 Å². The summed E-state index contributed by atoms with van der Waals surface area (Å²) in [4.78, 5) is 35.5. The fourth-order valence-electron chi connectivity index (χ4n) is 3.04. The van der Waals surface area contributed by atoms with Crippen LogP contribution in [0.5, 0.6) is 17.5 Å². The molecular formula is C21H25N3O7S. The molecule has 1 N–H and O–H groups in total. The summed E-state index contributed by atoms with van der Waals surface area (Å²) in [6, 6.07) is 1.81. The molecule has 0 radical (unpaired) electrons. The third kappa shape index (κ3) is 6.46. The highest BCUT2D eigenvalue weighted by atomic mass is 32.2. The van der Waals surface area contributed by atoms with Gasteiger partial charge in [-0.15, -0.1) is 0 Å². The van der Waals surface area contributed by atoms with E-state index in [-0.39, 0.29) is 19.6 Å². The van der Waals surface area contributed by atoms with Crippen LogP contribution in [0.1, 0.15) is 42.5 Å². The van der Waals surface area contributed by atoms with Gasteiger partial charge in [0.15, 0.2) is 5.16 Å². The monoisotopic (exact) mass is 463 g/mol. The van der Waals surface area contributed by atoms with Crippen molar-refractivity contribution in [2.24, 2.45) is 0 Å². The molecule has 0 atom stereocenters. The molecule has 0 aliphatic carbocycles. The third-order valence-corrected chi connectivity index (χ3v) is 5.61. The third-order valence-electron chi connectivity index (χ3n) is 4.73. The van der Waals surface area contributed by atoms with Crippen molar-refractivity contribution in [3.8, 4) is 17.5 Å². The van der Waals surface area contributed by atoms with Gasteiger partial charge >= 0.3 is 11.9 Å². The number of ether oxygens (including phenoxy) is 4. The van der Waals surface area contributed by atoms with Gasteiger partial charge in [-0.2, -0.15) is 9.97 Å². The minimum absolute atomic E-state index is 0.0295. The molecule has 11 heteroatoms. The number of aliphatic carboxylic acids is 1. The molecule has 0 amide bonds. The molecule has 1 aliphatic rings. The first-order chi connectivity index (χ1) is 15.5. The van der Waals surface area contributed by atoms with Gasteiger partial charge < -0.3 is 24.1 Å². The van der Waals surface area contributed by atoms with Gasteiger partial charge in [-0.1, -0.05) is 11.8 Å². The molecule has 0 bridgehead atoms. The molecule has 0 saturated carbocycles. The number of methoxy groups -OCH3 is 1. The summed E-state index contributed by atoms with van der Waals surface area (Å²) in [7, 11) is 1.61. The molecule has 172 valence electrons. The van der Waals surface area contributed by atoms with E-state index in [0.29, 0.717) is 48.5 Å². The van der Waals surface area contributed by atoms with Crippen LogP contribution in [-0.2, 0) is 26.5 Å². The Kier molecular flexibility index (Phi) is 8.48. The van der Waals surface area contributed by atoms with Crippen LogP contribution in [0, 0.1) is 6.92 Å². The van der Waals surface area contributed by atoms with E-state index in [1.54, 1.807) is 19.4 Å². The van der Waals surface area contributed by atoms with E-state index in [4.69, 9.17) is 24.1 Å². The molecule has 1 aliphatic heterocycles. The van der Waals surface area contributed by atoms with Crippen LogP contribution < -0.4 is 14.2 Å². The molecule has 2 aromatic rings. The zero-order valence-corrected chi connectivity index (χ0v) is 18.8. The minimum atomic E-state index is -0.882. The van der Waals surface area contributed by atoms with Crippen molar-refractivity contribution in [1.29, 1.82) is 0 Å². The number of aromatic nitrogens is 3. The topological polar surface area (TPSA) is 130 Å². The van der Waals surface area contributed by atoms with Gasteiger partial charge in [-0.25, -0.2) is 0 Å². The Morgan fingerprint density at radius 1 is 1.25 bits per heavy atom. The Bertz CT molecular complexity index is 971. The summed E-state index contributed by atoms with van der Waals surface area (Å²) in [6.07, 6.45) is 3.33. The van der Waals surface area contributed by atoms with Crippen molar-refractivity contribution in [3.63, 3.8) is 0 Å². The minimum Gasteiger partial charge on any atom is -0.496 e. The first-order valence-corrected chi connectivity index (χ1v) is 11.1. The number of unbranched alkanes of at least 4 members (excludes halogenated alkanes) is 1. The Hall–Kier alpha value is -3.08. The Balaban J connectivity index is 1.58. The number of carboxylic acids is 1. The molecule has 0 unspecified atom stereocenters. The number of nitrogens with zero attached hydrogens (tertiary/aromatic N) is 3. The van der Waals surface area contributed by atoms with Crippen molar-refractivity contribution in [2.75, 3.05) is 20.5 Å². The average molecular weight is 464 g/mol. The van der Waals surface area contributed by atoms with E-state index >= 15 is 0 Å². The maximum atomic E-state index is 11.8. The van der Waals surface area contributed by atoms with Crippen molar-refractivity contribution < 1.29 is 33.6 Å². The fourth-order valence-corrected chi connectivity index (χ4v) is 3.96. The Labute approximate surface area is 189 Å². The highest BCUT2D eigenvalue weighted by Crippen LogP contribution is 2.35.